The molecule has 1 aliphatic heterocycles. The predicted octanol–water partition coefficient (Wildman–Crippen LogP) is 5.06. The number of carbonyl (C=O) groups is 1. The first-order valence-electron chi connectivity index (χ1n) is 9.82. The van der Waals surface area contributed by atoms with Crippen LogP contribution in [-0.2, 0) is 12.8 Å². The van der Waals surface area contributed by atoms with E-state index in [1.807, 2.05) is 33.8 Å². The molecule has 3 rings (SSSR count). The number of rotatable bonds is 6. The van der Waals surface area contributed by atoms with E-state index < -0.39 is 0 Å². The van der Waals surface area contributed by atoms with Crippen LogP contribution in [0.15, 0.2) is 24.3 Å². The number of amides is 1. The molecule has 0 radical (unpaired) electrons. The molecule has 0 bridgehead atoms. The van der Waals surface area contributed by atoms with Gasteiger partial charge in [0.2, 0.25) is 0 Å². The summed E-state index contributed by atoms with van der Waals surface area (Å²) >= 11 is 6.44. The van der Waals surface area contributed by atoms with E-state index in [1.165, 1.54) is 6.42 Å². The van der Waals surface area contributed by atoms with Gasteiger partial charge in [-0.3, -0.25) is 4.79 Å². The third-order valence-electron chi connectivity index (χ3n) is 4.96. The fourth-order valence-electron chi connectivity index (χ4n) is 3.71. The molecular weight excluding hydrogens is 346 g/mol. The van der Waals surface area contributed by atoms with Gasteiger partial charge in [0.25, 0.3) is 5.91 Å². The molecule has 0 saturated carbocycles. The number of hydrogen-bond acceptors (Lipinski definition) is 2. The first-order chi connectivity index (χ1) is 12.7. The highest BCUT2D eigenvalue weighted by molar-refractivity contribution is 6.32. The van der Waals surface area contributed by atoms with E-state index >= 15 is 0 Å². The number of halogens is 1. The fraction of sp³-hybridized carbons (Fsp3) is 0.524. The topological polar surface area (TPSA) is 38.1 Å². The molecule has 2 heterocycles. The van der Waals surface area contributed by atoms with Crippen LogP contribution in [0.5, 0.6) is 0 Å². The number of hydrogen-bond donors (Lipinski definition) is 0. The Morgan fingerprint density at radius 3 is 2.42 bits per heavy atom. The van der Waals surface area contributed by atoms with Gasteiger partial charge in [-0.1, -0.05) is 50.4 Å². The van der Waals surface area contributed by atoms with Crippen LogP contribution in [-0.4, -0.2) is 33.7 Å². The van der Waals surface area contributed by atoms with Crippen molar-refractivity contribution in [2.24, 2.45) is 0 Å². The van der Waals surface area contributed by atoms with Crippen molar-refractivity contribution in [3.8, 4) is 5.69 Å². The third-order valence-corrected chi connectivity index (χ3v) is 5.28. The van der Waals surface area contributed by atoms with Crippen LogP contribution >= 0.6 is 11.6 Å². The first-order valence-corrected chi connectivity index (χ1v) is 10.2. The van der Waals surface area contributed by atoms with Gasteiger partial charge in [0.1, 0.15) is 0 Å². The second-order valence-corrected chi connectivity index (χ2v) is 7.39. The van der Waals surface area contributed by atoms with E-state index in [0.717, 1.165) is 74.3 Å². The van der Waals surface area contributed by atoms with Crippen molar-refractivity contribution in [1.29, 1.82) is 0 Å². The fourth-order valence-corrected chi connectivity index (χ4v) is 3.92. The molecule has 1 amide bonds. The lowest BCUT2D eigenvalue weighted by atomic mass is 10.0. The Morgan fingerprint density at radius 1 is 1.08 bits per heavy atom. The van der Waals surface area contributed by atoms with E-state index in [9.17, 15) is 4.79 Å². The smallest absolute Gasteiger partial charge is 0.257 e. The van der Waals surface area contributed by atoms with Crippen LogP contribution in [0.3, 0.4) is 0 Å². The van der Waals surface area contributed by atoms with Crippen molar-refractivity contribution >= 4 is 17.5 Å². The molecule has 0 spiro atoms. The molecule has 1 saturated heterocycles. The zero-order valence-corrected chi connectivity index (χ0v) is 16.6. The van der Waals surface area contributed by atoms with Gasteiger partial charge in [-0.25, -0.2) is 4.68 Å². The summed E-state index contributed by atoms with van der Waals surface area (Å²) in [7, 11) is 0. The number of benzene rings is 1. The normalized spacial score (nSPS) is 14.7. The summed E-state index contributed by atoms with van der Waals surface area (Å²) in [5.74, 6) is 0.148. The van der Waals surface area contributed by atoms with E-state index in [1.54, 1.807) is 0 Å². The molecule has 1 aliphatic rings. The lowest BCUT2D eigenvalue weighted by Gasteiger charge is -2.27. The molecule has 0 aliphatic carbocycles. The quantitative estimate of drug-likeness (QED) is 0.710. The van der Waals surface area contributed by atoms with Gasteiger partial charge >= 0.3 is 0 Å². The summed E-state index contributed by atoms with van der Waals surface area (Å²) < 4.78 is 1.91. The van der Waals surface area contributed by atoms with Crippen LogP contribution in [0, 0.1) is 0 Å². The van der Waals surface area contributed by atoms with Crippen molar-refractivity contribution in [2.75, 3.05) is 13.1 Å². The molecule has 26 heavy (non-hydrogen) atoms. The van der Waals surface area contributed by atoms with Crippen LogP contribution in [0.2, 0.25) is 5.02 Å². The van der Waals surface area contributed by atoms with Crippen molar-refractivity contribution in [2.45, 2.75) is 58.8 Å². The summed E-state index contributed by atoms with van der Waals surface area (Å²) in [5, 5.41) is 5.51. The van der Waals surface area contributed by atoms with Gasteiger partial charge < -0.3 is 4.90 Å². The lowest BCUT2D eigenvalue weighted by Crippen LogP contribution is -2.36. The average molecular weight is 374 g/mol. The summed E-state index contributed by atoms with van der Waals surface area (Å²) in [6.07, 6.45) is 6.95. The minimum atomic E-state index is 0.148. The summed E-state index contributed by atoms with van der Waals surface area (Å²) in [4.78, 5) is 15.4. The van der Waals surface area contributed by atoms with Gasteiger partial charge in [-0.15, -0.1) is 0 Å². The van der Waals surface area contributed by atoms with Crippen molar-refractivity contribution in [3.05, 3.63) is 46.2 Å². The Morgan fingerprint density at radius 2 is 1.77 bits per heavy atom. The zero-order valence-electron chi connectivity index (χ0n) is 15.8. The van der Waals surface area contributed by atoms with Gasteiger partial charge in [0, 0.05) is 13.1 Å². The van der Waals surface area contributed by atoms with Crippen LogP contribution in [0.25, 0.3) is 5.69 Å². The largest absolute Gasteiger partial charge is 0.339 e. The molecule has 0 N–H and O–H groups in total. The van der Waals surface area contributed by atoms with Crippen LogP contribution in [0.4, 0.5) is 0 Å². The van der Waals surface area contributed by atoms with Gasteiger partial charge in [-0.2, -0.15) is 5.10 Å². The van der Waals surface area contributed by atoms with Crippen LogP contribution < -0.4 is 0 Å². The number of aryl methyl sites for hydroxylation is 1. The van der Waals surface area contributed by atoms with E-state index in [-0.39, 0.29) is 5.91 Å². The SMILES string of the molecule is CCCc1nn(-c2ccccc2Cl)c(CCC)c1C(=O)N1CCCCC1. The molecular formula is C21H28ClN3O. The Bertz CT molecular complexity index is 763. The third kappa shape index (κ3) is 3.80. The maximum Gasteiger partial charge on any atom is 0.257 e. The van der Waals surface area contributed by atoms with Crippen LogP contribution in [0.1, 0.15) is 67.7 Å². The number of aromatic nitrogens is 2. The number of para-hydroxylation sites is 1. The predicted molar refractivity (Wildman–Crippen MR) is 106 cm³/mol. The molecule has 1 aromatic heterocycles. The molecule has 2 aromatic rings. The summed E-state index contributed by atoms with van der Waals surface area (Å²) in [6.45, 7) is 5.97. The maximum absolute atomic E-state index is 13.4. The molecule has 1 aromatic carbocycles. The maximum atomic E-state index is 13.4. The van der Waals surface area contributed by atoms with E-state index in [4.69, 9.17) is 16.7 Å². The summed E-state index contributed by atoms with van der Waals surface area (Å²) in [6, 6.07) is 7.73. The van der Waals surface area contributed by atoms with E-state index in [2.05, 4.69) is 13.8 Å². The minimum absolute atomic E-state index is 0.148. The average Bonchev–Trinajstić information content (AvgIpc) is 3.01. The Kier molecular flexibility index (Phi) is 6.36. The first kappa shape index (κ1) is 19.0. The molecule has 5 heteroatoms. The second-order valence-electron chi connectivity index (χ2n) is 6.98. The summed E-state index contributed by atoms with van der Waals surface area (Å²) in [5.41, 5.74) is 3.58. The molecule has 140 valence electrons. The lowest BCUT2D eigenvalue weighted by molar-refractivity contribution is 0.0722. The van der Waals surface area contributed by atoms with Gasteiger partial charge in [0.05, 0.1) is 27.7 Å². The Labute approximate surface area is 161 Å². The van der Waals surface area contributed by atoms with Crippen molar-refractivity contribution in [1.82, 2.24) is 14.7 Å². The molecule has 0 unspecified atom stereocenters. The molecule has 1 fully saturated rings. The number of piperidine rings is 1. The Balaban J connectivity index is 2.11. The monoisotopic (exact) mass is 373 g/mol. The van der Waals surface area contributed by atoms with E-state index in [0.29, 0.717) is 5.02 Å². The highest BCUT2D eigenvalue weighted by Crippen LogP contribution is 2.28. The standard InChI is InChI=1S/C21H28ClN3O/c1-3-10-17-20(21(26)24-14-8-5-9-15-24)19(11-4-2)25(23-17)18-13-7-6-12-16(18)22/h6-7,12-13H,3-5,8-11,14-15H2,1-2H3. The van der Waals surface area contributed by atoms with Crippen molar-refractivity contribution in [3.63, 3.8) is 0 Å². The number of carbonyl (C=O) groups excluding carboxylic acids is 1. The van der Waals surface area contributed by atoms with Gasteiger partial charge in [0.15, 0.2) is 0 Å². The van der Waals surface area contributed by atoms with Gasteiger partial charge in [-0.05, 0) is 44.2 Å². The second kappa shape index (κ2) is 8.72. The molecule has 0 atom stereocenters. The number of nitrogens with zero attached hydrogens (tertiary/aromatic N) is 3. The van der Waals surface area contributed by atoms with Crippen molar-refractivity contribution < 1.29 is 4.79 Å². The number of likely N-dealkylation sites (tertiary alicyclic amines) is 1. The Hall–Kier alpha value is -1.81. The highest BCUT2D eigenvalue weighted by atomic mass is 35.5. The molecule has 4 nitrogen and oxygen atoms in total. The highest BCUT2D eigenvalue weighted by Gasteiger charge is 2.28. The zero-order chi connectivity index (χ0) is 18.5. The minimum Gasteiger partial charge on any atom is -0.339 e.